The van der Waals surface area contributed by atoms with E-state index in [2.05, 4.69) is 46.7 Å². The summed E-state index contributed by atoms with van der Waals surface area (Å²) >= 11 is 0. The molecule has 2 aliphatic heterocycles. The minimum atomic E-state index is -0.657. The maximum Gasteiger partial charge on any atom is 0.408 e. The van der Waals surface area contributed by atoms with E-state index in [0.717, 1.165) is 16.7 Å². The highest BCUT2D eigenvalue weighted by Crippen LogP contribution is 2.28. The van der Waals surface area contributed by atoms with Gasteiger partial charge in [-0.25, -0.2) is 14.4 Å². The van der Waals surface area contributed by atoms with Gasteiger partial charge in [0.25, 0.3) is 0 Å². The summed E-state index contributed by atoms with van der Waals surface area (Å²) in [4.78, 5) is 51.7. The number of hydrogen-bond donors (Lipinski definition) is 5. The van der Waals surface area contributed by atoms with Gasteiger partial charge in [0.15, 0.2) is 5.69 Å². The molecule has 5 N–H and O–H groups in total. The van der Waals surface area contributed by atoms with Crippen LogP contribution in [-0.4, -0.2) is 67.9 Å². The van der Waals surface area contributed by atoms with Crippen LogP contribution in [0.4, 0.5) is 26.7 Å². The number of aromatic nitrogens is 4. The summed E-state index contributed by atoms with van der Waals surface area (Å²) in [6, 6.07) is 9.36. The summed E-state index contributed by atoms with van der Waals surface area (Å²) in [5.74, 6) is -0.0566. The van der Waals surface area contributed by atoms with Crippen molar-refractivity contribution in [3.05, 3.63) is 58.9 Å². The molecule has 0 saturated carbocycles. The molecule has 3 heterocycles. The molecule has 0 fully saturated rings. The number of alkyl carbamates (subject to hydrolysis) is 2. The van der Waals surface area contributed by atoms with E-state index >= 15 is 0 Å². The number of benzene rings is 2. The van der Waals surface area contributed by atoms with E-state index in [1.807, 2.05) is 12.1 Å². The fourth-order valence-corrected chi connectivity index (χ4v) is 4.80. The normalized spacial score (nSPS) is 17.4. The highest BCUT2D eigenvalue weighted by Gasteiger charge is 2.29. The molecular formula is C32H39N9O6. The summed E-state index contributed by atoms with van der Waals surface area (Å²) in [5.41, 5.74) is 3.36. The number of carbonyl (C=O) groups excluding carboxylic acids is 4. The second kappa shape index (κ2) is 14.3. The number of H-pyrrole nitrogens is 1. The van der Waals surface area contributed by atoms with Gasteiger partial charge >= 0.3 is 12.2 Å². The monoisotopic (exact) mass is 645 g/mol. The molecule has 3 aromatic rings. The van der Waals surface area contributed by atoms with Gasteiger partial charge in [0.05, 0.1) is 6.57 Å². The van der Waals surface area contributed by atoms with Crippen LogP contribution in [-0.2, 0) is 31.9 Å². The molecule has 15 nitrogen and oxygen atoms in total. The van der Waals surface area contributed by atoms with Crippen molar-refractivity contribution in [1.82, 2.24) is 31.3 Å². The highest BCUT2D eigenvalue weighted by molar-refractivity contribution is 5.99. The molecule has 0 radical (unpaired) electrons. The van der Waals surface area contributed by atoms with Crippen LogP contribution in [0.2, 0.25) is 0 Å². The van der Waals surface area contributed by atoms with Crippen LogP contribution in [0.15, 0.2) is 36.4 Å². The number of amides is 4. The third-order valence-corrected chi connectivity index (χ3v) is 6.86. The number of ether oxygens (including phenoxy) is 2. The lowest BCUT2D eigenvalue weighted by atomic mass is 10.0. The topological polar surface area (TPSA) is 194 Å². The van der Waals surface area contributed by atoms with E-state index in [4.69, 9.17) is 16.0 Å². The minimum absolute atomic E-state index is 0.267. The Morgan fingerprint density at radius 3 is 1.81 bits per heavy atom. The molecule has 2 atom stereocenters. The lowest BCUT2D eigenvalue weighted by Crippen LogP contribution is -2.45. The van der Waals surface area contributed by atoms with Gasteiger partial charge in [-0.05, 0) is 108 Å². The zero-order chi connectivity index (χ0) is 34.4. The van der Waals surface area contributed by atoms with Crippen molar-refractivity contribution in [2.75, 3.05) is 10.6 Å². The molecule has 0 bridgehead atoms. The molecule has 47 heavy (non-hydrogen) atoms. The van der Waals surface area contributed by atoms with Crippen LogP contribution in [0, 0.1) is 6.57 Å². The number of nitrogens with one attached hydrogen (secondary N) is 5. The first-order chi connectivity index (χ1) is 22.1. The van der Waals surface area contributed by atoms with Crippen molar-refractivity contribution < 1.29 is 28.7 Å². The van der Waals surface area contributed by atoms with Crippen molar-refractivity contribution >= 4 is 41.1 Å². The third kappa shape index (κ3) is 9.98. The van der Waals surface area contributed by atoms with Gasteiger partial charge in [0.1, 0.15) is 23.3 Å². The van der Waals surface area contributed by atoms with Crippen molar-refractivity contribution in [2.45, 2.75) is 90.5 Å². The average Bonchev–Trinajstić information content (AvgIpc) is 3.41. The van der Waals surface area contributed by atoms with Crippen molar-refractivity contribution in [3.8, 4) is 11.4 Å². The molecule has 0 saturated heterocycles. The molecule has 15 heteroatoms. The second-order valence-electron chi connectivity index (χ2n) is 13.0. The first kappa shape index (κ1) is 34.4. The number of hydrogen-bond acceptors (Lipinski definition) is 9. The van der Waals surface area contributed by atoms with E-state index in [0.29, 0.717) is 48.6 Å². The molecule has 0 unspecified atom stereocenters. The van der Waals surface area contributed by atoms with Gasteiger partial charge in [-0.3, -0.25) is 9.59 Å². The maximum atomic E-state index is 12.4. The first-order valence-corrected chi connectivity index (χ1v) is 15.1. The number of anilines is 2. The van der Waals surface area contributed by atoms with Crippen LogP contribution in [0.3, 0.4) is 0 Å². The Hall–Kier alpha value is -5.52. The Morgan fingerprint density at radius 1 is 0.830 bits per heavy atom. The van der Waals surface area contributed by atoms with Gasteiger partial charge in [-0.1, -0.05) is 12.1 Å². The first-order valence-electron chi connectivity index (χ1n) is 15.1. The summed E-state index contributed by atoms with van der Waals surface area (Å²) in [5, 5.41) is 24.7. The Bertz CT molecular complexity index is 1670. The Balaban J connectivity index is 0.000000215. The zero-order valence-electron chi connectivity index (χ0n) is 27.2. The Morgan fingerprint density at radius 2 is 1.34 bits per heavy atom. The van der Waals surface area contributed by atoms with Crippen LogP contribution in [0.1, 0.15) is 65.5 Å². The number of rotatable bonds is 3. The molecule has 248 valence electrons. The fraction of sp³-hybridized carbons (Fsp3) is 0.438. The minimum Gasteiger partial charge on any atom is -0.444 e. The lowest BCUT2D eigenvalue weighted by Gasteiger charge is -2.22. The standard InChI is InChI=1S/C16H20N6O3.C16H19N3O3/c1-16(2,3)25-15(24)18-12-7-4-9-8-10(13-19-21-22-20-13)5-6-11(9)17-14(12)23;1-16(2,3)22-15(21)19-13-7-5-10-9-11(17-4)6-8-12(10)18-14(13)20/h5-6,8,12H,4,7H2,1-3H3,(H,17,23)(H,18,24)(H,19,20,21,22);6,8-9,13H,5,7H2,1-3H3,(H,18,20)(H,19,21)/t12-;13-/m00/s1. The van der Waals surface area contributed by atoms with Crippen LogP contribution in [0.5, 0.6) is 0 Å². The van der Waals surface area contributed by atoms with Gasteiger partial charge in [-0.2, -0.15) is 5.21 Å². The van der Waals surface area contributed by atoms with E-state index < -0.39 is 35.5 Å². The lowest BCUT2D eigenvalue weighted by molar-refractivity contribution is -0.118. The second-order valence-corrected chi connectivity index (χ2v) is 13.0. The average molecular weight is 646 g/mol. The van der Waals surface area contributed by atoms with E-state index in [9.17, 15) is 19.2 Å². The molecule has 2 aliphatic rings. The number of fused-ring (bicyclic) bond motifs is 2. The number of nitrogens with zero attached hydrogens (tertiary/aromatic N) is 4. The van der Waals surface area contributed by atoms with E-state index in [-0.39, 0.29) is 11.8 Å². The zero-order valence-corrected chi connectivity index (χ0v) is 27.2. The van der Waals surface area contributed by atoms with Gasteiger partial charge in [-0.15, -0.1) is 10.2 Å². The SMILES string of the molecule is CC(C)(C)OC(=O)N[C@H]1CCc2cc(-c3nn[nH]n3)ccc2NC1=O.[C-]#[N+]c1ccc2c(c1)CC[C@H](NC(=O)OC(C)(C)C)C(=O)N2. The molecule has 0 spiro atoms. The number of carbonyl (C=O) groups is 4. The summed E-state index contributed by atoms with van der Waals surface area (Å²) < 4.78 is 10.4. The molecule has 0 aliphatic carbocycles. The van der Waals surface area contributed by atoms with E-state index in [1.54, 1.807) is 65.8 Å². The molecule has 2 aromatic carbocycles. The number of tetrazole rings is 1. The largest absolute Gasteiger partial charge is 0.444 e. The smallest absolute Gasteiger partial charge is 0.408 e. The van der Waals surface area contributed by atoms with Crippen LogP contribution < -0.4 is 21.3 Å². The highest BCUT2D eigenvalue weighted by atomic mass is 16.6. The van der Waals surface area contributed by atoms with Crippen molar-refractivity contribution in [1.29, 1.82) is 0 Å². The molecule has 5 rings (SSSR count). The summed E-state index contributed by atoms with van der Waals surface area (Å²) in [7, 11) is 0. The van der Waals surface area contributed by atoms with Crippen molar-refractivity contribution in [3.63, 3.8) is 0 Å². The Labute approximate surface area is 272 Å². The summed E-state index contributed by atoms with van der Waals surface area (Å²) in [6.07, 6.45) is 0.914. The molecular weight excluding hydrogens is 606 g/mol. The maximum absolute atomic E-state index is 12.4. The van der Waals surface area contributed by atoms with Crippen molar-refractivity contribution in [2.24, 2.45) is 0 Å². The van der Waals surface area contributed by atoms with E-state index in [1.165, 1.54) is 0 Å². The fourth-order valence-electron chi connectivity index (χ4n) is 4.80. The predicted octanol–water partition coefficient (Wildman–Crippen LogP) is 4.66. The van der Waals surface area contributed by atoms with Gasteiger partial charge in [0.2, 0.25) is 17.6 Å². The van der Waals surface area contributed by atoms with Crippen LogP contribution >= 0.6 is 0 Å². The van der Waals surface area contributed by atoms with Crippen LogP contribution in [0.25, 0.3) is 16.2 Å². The summed E-state index contributed by atoms with van der Waals surface area (Å²) in [6.45, 7) is 17.6. The number of aryl methyl sites for hydroxylation is 2. The Kier molecular flexibility index (Phi) is 10.4. The quantitative estimate of drug-likeness (QED) is 0.252. The third-order valence-electron chi connectivity index (χ3n) is 6.86. The van der Waals surface area contributed by atoms with Gasteiger partial charge < -0.3 is 30.7 Å². The predicted molar refractivity (Wildman–Crippen MR) is 173 cm³/mol. The molecule has 1 aromatic heterocycles. The van der Waals surface area contributed by atoms with Gasteiger partial charge in [0, 0.05) is 16.9 Å². The molecule has 4 amide bonds. The number of aromatic amines is 1.